The van der Waals surface area contributed by atoms with Crippen LogP contribution in [0.5, 0.6) is 0 Å². The summed E-state index contributed by atoms with van der Waals surface area (Å²) in [5.41, 5.74) is 8.40. The molecule has 4 heteroatoms. The molecule has 0 spiro atoms. The molecule has 94 valence electrons. The normalized spacial score (nSPS) is 12.4. The Morgan fingerprint density at radius 1 is 1.44 bits per heavy atom. The molecule has 1 unspecified atom stereocenters. The van der Waals surface area contributed by atoms with Gasteiger partial charge in [-0.15, -0.1) is 0 Å². The van der Waals surface area contributed by atoms with Crippen molar-refractivity contribution in [2.45, 2.75) is 26.3 Å². The quantitative estimate of drug-likeness (QED) is 0.868. The first-order valence-corrected chi connectivity index (χ1v) is 5.97. The molecule has 0 aliphatic rings. The maximum atomic E-state index is 11.7. The van der Waals surface area contributed by atoms with Gasteiger partial charge in [-0.1, -0.05) is 6.07 Å². The van der Waals surface area contributed by atoms with Gasteiger partial charge in [-0.2, -0.15) is 0 Å². The van der Waals surface area contributed by atoms with Crippen LogP contribution in [0.15, 0.2) is 30.5 Å². The third kappa shape index (κ3) is 2.65. The van der Waals surface area contributed by atoms with E-state index >= 15 is 0 Å². The lowest BCUT2D eigenvalue weighted by Crippen LogP contribution is -2.24. The summed E-state index contributed by atoms with van der Waals surface area (Å²) in [5, 5.41) is 3.84. The number of anilines is 1. The fourth-order valence-electron chi connectivity index (χ4n) is 1.92. The fourth-order valence-corrected chi connectivity index (χ4v) is 1.92. The van der Waals surface area contributed by atoms with Crippen LogP contribution in [0.2, 0.25) is 0 Å². The smallest absolute Gasteiger partial charge is 0.225 e. The van der Waals surface area contributed by atoms with Gasteiger partial charge in [0.25, 0.3) is 0 Å². The van der Waals surface area contributed by atoms with Crippen LogP contribution in [0, 0.1) is 6.92 Å². The lowest BCUT2D eigenvalue weighted by atomic mass is 10.1. The Kier molecular flexibility index (Phi) is 3.58. The van der Waals surface area contributed by atoms with Gasteiger partial charge >= 0.3 is 0 Å². The van der Waals surface area contributed by atoms with E-state index in [1.807, 2.05) is 38.1 Å². The number of benzene rings is 1. The van der Waals surface area contributed by atoms with Gasteiger partial charge in [0.2, 0.25) is 5.91 Å². The number of pyridine rings is 1. The van der Waals surface area contributed by atoms with Crippen LogP contribution in [0.1, 0.15) is 18.9 Å². The third-order valence-electron chi connectivity index (χ3n) is 2.75. The molecule has 0 saturated carbocycles. The molecule has 2 rings (SSSR count). The molecule has 2 aromatic rings. The Bertz CT molecular complexity index is 578. The summed E-state index contributed by atoms with van der Waals surface area (Å²) in [6, 6.07) is 7.54. The number of aryl methyl sites for hydroxylation is 1. The molecule has 3 N–H and O–H groups in total. The maximum Gasteiger partial charge on any atom is 0.225 e. The number of hydrogen-bond acceptors (Lipinski definition) is 3. The Balaban J connectivity index is 2.34. The largest absolute Gasteiger partial charge is 0.327 e. The highest BCUT2D eigenvalue weighted by atomic mass is 16.1. The monoisotopic (exact) mass is 243 g/mol. The molecule has 0 fully saturated rings. The zero-order valence-electron chi connectivity index (χ0n) is 10.6. The van der Waals surface area contributed by atoms with E-state index in [0.29, 0.717) is 6.42 Å². The van der Waals surface area contributed by atoms with Crippen LogP contribution in [-0.2, 0) is 4.79 Å². The molecule has 4 nitrogen and oxygen atoms in total. The van der Waals surface area contributed by atoms with E-state index in [1.165, 1.54) is 0 Å². The predicted molar refractivity (Wildman–Crippen MR) is 73.4 cm³/mol. The topological polar surface area (TPSA) is 68.0 Å². The van der Waals surface area contributed by atoms with Crippen molar-refractivity contribution in [3.63, 3.8) is 0 Å². The molecule has 1 atom stereocenters. The van der Waals surface area contributed by atoms with E-state index in [4.69, 9.17) is 5.73 Å². The molecule has 0 bridgehead atoms. The van der Waals surface area contributed by atoms with E-state index in [-0.39, 0.29) is 11.9 Å². The zero-order chi connectivity index (χ0) is 13.1. The van der Waals surface area contributed by atoms with E-state index in [2.05, 4.69) is 10.3 Å². The second-order valence-corrected chi connectivity index (χ2v) is 4.56. The molecule has 0 aliphatic heterocycles. The van der Waals surface area contributed by atoms with E-state index in [1.54, 1.807) is 6.20 Å². The summed E-state index contributed by atoms with van der Waals surface area (Å²) in [6.07, 6.45) is 2.07. The minimum Gasteiger partial charge on any atom is -0.327 e. The minimum absolute atomic E-state index is 0.0704. The van der Waals surface area contributed by atoms with Crippen molar-refractivity contribution in [2.24, 2.45) is 5.73 Å². The molecule has 0 aliphatic carbocycles. The molecular weight excluding hydrogens is 226 g/mol. The van der Waals surface area contributed by atoms with Gasteiger partial charge < -0.3 is 11.1 Å². The number of fused-ring (bicyclic) bond motifs is 1. The summed E-state index contributed by atoms with van der Waals surface area (Å²) in [4.78, 5) is 16.1. The van der Waals surface area contributed by atoms with Gasteiger partial charge in [0.1, 0.15) is 0 Å². The van der Waals surface area contributed by atoms with Gasteiger partial charge in [0, 0.05) is 24.0 Å². The van der Waals surface area contributed by atoms with Crippen molar-refractivity contribution >= 4 is 22.5 Å². The van der Waals surface area contributed by atoms with Gasteiger partial charge in [-0.25, -0.2) is 0 Å². The average Bonchev–Trinajstić information content (AvgIpc) is 2.32. The van der Waals surface area contributed by atoms with Crippen LogP contribution in [0.4, 0.5) is 5.69 Å². The molecule has 1 aromatic carbocycles. The molecule has 1 heterocycles. The number of carbonyl (C=O) groups excluding carboxylic acids is 1. The summed E-state index contributed by atoms with van der Waals surface area (Å²) in [5.74, 6) is -0.0704. The summed E-state index contributed by atoms with van der Waals surface area (Å²) >= 11 is 0. The highest BCUT2D eigenvalue weighted by Gasteiger charge is 2.09. The molecule has 1 amide bonds. The van der Waals surface area contributed by atoms with Crippen LogP contribution in [0.3, 0.4) is 0 Å². The third-order valence-corrected chi connectivity index (χ3v) is 2.75. The first-order valence-electron chi connectivity index (χ1n) is 5.97. The number of rotatable bonds is 3. The highest BCUT2D eigenvalue weighted by Crippen LogP contribution is 2.24. The molecule has 18 heavy (non-hydrogen) atoms. The lowest BCUT2D eigenvalue weighted by molar-refractivity contribution is -0.116. The van der Waals surface area contributed by atoms with Crippen molar-refractivity contribution < 1.29 is 4.79 Å². The number of nitrogens with two attached hydrogens (primary N) is 1. The van der Waals surface area contributed by atoms with Crippen molar-refractivity contribution in [1.29, 1.82) is 0 Å². The minimum atomic E-state index is -0.139. The number of nitrogens with zero attached hydrogens (tertiary/aromatic N) is 1. The first kappa shape index (κ1) is 12.5. The van der Waals surface area contributed by atoms with Crippen molar-refractivity contribution in [2.75, 3.05) is 5.32 Å². The number of amides is 1. The van der Waals surface area contributed by atoms with Crippen LogP contribution >= 0.6 is 0 Å². The van der Waals surface area contributed by atoms with Gasteiger partial charge in [0.15, 0.2) is 0 Å². The zero-order valence-corrected chi connectivity index (χ0v) is 10.6. The van der Waals surface area contributed by atoms with E-state index < -0.39 is 0 Å². The van der Waals surface area contributed by atoms with Gasteiger partial charge in [-0.05, 0) is 37.6 Å². The highest BCUT2D eigenvalue weighted by molar-refractivity contribution is 6.01. The standard InChI is InChI=1S/C14H17N3O/c1-9-5-6-12(17-13(18)8-10(2)15)11-4-3-7-16-14(9)11/h3-7,10H,8,15H2,1-2H3,(H,17,18). The van der Waals surface area contributed by atoms with Crippen molar-refractivity contribution in [3.8, 4) is 0 Å². The number of nitrogens with one attached hydrogen (secondary N) is 1. The summed E-state index contributed by atoms with van der Waals surface area (Å²) in [6.45, 7) is 3.82. The molecular formula is C14H17N3O. The Morgan fingerprint density at radius 3 is 2.94 bits per heavy atom. The number of carbonyl (C=O) groups is 1. The molecule has 0 radical (unpaired) electrons. The van der Waals surface area contributed by atoms with Gasteiger partial charge in [-0.3, -0.25) is 9.78 Å². The number of aromatic nitrogens is 1. The van der Waals surface area contributed by atoms with Crippen molar-refractivity contribution in [1.82, 2.24) is 4.98 Å². The fraction of sp³-hybridized carbons (Fsp3) is 0.286. The second kappa shape index (κ2) is 5.14. The van der Waals surface area contributed by atoms with Gasteiger partial charge in [0.05, 0.1) is 11.2 Å². The summed E-state index contributed by atoms with van der Waals surface area (Å²) < 4.78 is 0. The van der Waals surface area contributed by atoms with E-state index in [0.717, 1.165) is 22.2 Å². The van der Waals surface area contributed by atoms with Crippen molar-refractivity contribution in [3.05, 3.63) is 36.0 Å². The van der Waals surface area contributed by atoms with E-state index in [9.17, 15) is 4.79 Å². The molecule has 0 saturated heterocycles. The Morgan fingerprint density at radius 2 is 2.22 bits per heavy atom. The van der Waals surface area contributed by atoms with Crippen LogP contribution in [-0.4, -0.2) is 16.9 Å². The lowest BCUT2D eigenvalue weighted by Gasteiger charge is -2.11. The Labute approximate surface area is 106 Å². The molecule has 1 aromatic heterocycles. The Hall–Kier alpha value is -1.94. The second-order valence-electron chi connectivity index (χ2n) is 4.56. The van der Waals surface area contributed by atoms with Crippen LogP contribution < -0.4 is 11.1 Å². The predicted octanol–water partition coefficient (Wildman–Crippen LogP) is 2.22. The summed E-state index contributed by atoms with van der Waals surface area (Å²) in [7, 11) is 0. The average molecular weight is 243 g/mol. The maximum absolute atomic E-state index is 11.7. The first-order chi connectivity index (χ1) is 8.58. The van der Waals surface area contributed by atoms with Crippen LogP contribution in [0.25, 0.3) is 10.9 Å². The number of hydrogen-bond donors (Lipinski definition) is 2. The SMILES string of the molecule is Cc1ccc(NC(=O)CC(C)N)c2cccnc12.